The number of ether oxygens (including phenoxy) is 1. The molecule has 3 rings (SSSR count). The van der Waals surface area contributed by atoms with E-state index in [4.69, 9.17) is 9.15 Å². The Hall–Kier alpha value is -1.74. The Morgan fingerprint density at radius 1 is 1.32 bits per heavy atom. The lowest BCUT2D eigenvalue weighted by Crippen LogP contribution is -2.20. The van der Waals surface area contributed by atoms with Gasteiger partial charge in [-0.25, -0.2) is 0 Å². The van der Waals surface area contributed by atoms with Gasteiger partial charge >= 0.3 is 0 Å². The molecule has 1 aromatic carbocycles. The highest BCUT2D eigenvalue weighted by atomic mass is 16.5. The summed E-state index contributed by atoms with van der Waals surface area (Å²) in [6.45, 7) is 3.89. The Kier molecular flexibility index (Phi) is 3.56. The summed E-state index contributed by atoms with van der Waals surface area (Å²) in [5.74, 6) is 2.04. The maximum Gasteiger partial charge on any atom is 0.122 e. The van der Waals surface area contributed by atoms with Gasteiger partial charge in [-0.05, 0) is 49.2 Å². The van der Waals surface area contributed by atoms with Gasteiger partial charge in [0.2, 0.25) is 0 Å². The molecular weight excluding hydrogens is 238 g/mol. The van der Waals surface area contributed by atoms with Crippen molar-refractivity contribution in [2.75, 3.05) is 13.2 Å². The number of fused-ring (bicyclic) bond motifs is 1. The highest BCUT2D eigenvalue weighted by Gasteiger charge is 2.12. The first-order chi connectivity index (χ1) is 9.33. The zero-order valence-corrected chi connectivity index (χ0v) is 11.2. The molecule has 0 radical (unpaired) electrons. The van der Waals surface area contributed by atoms with Crippen LogP contribution in [-0.2, 0) is 12.8 Å². The topological polar surface area (TPSA) is 34.4 Å². The Balaban J connectivity index is 1.52. The number of hydrogen-bond donors (Lipinski definition) is 1. The quantitative estimate of drug-likeness (QED) is 0.893. The molecule has 1 aliphatic rings. The van der Waals surface area contributed by atoms with Crippen LogP contribution in [0.15, 0.2) is 41.0 Å². The van der Waals surface area contributed by atoms with Gasteiger partial charge in [0.25, 0.3) is 0 Å². The second-order valence-corrected chi connectivity index (χ2v) is 4.98. The molecule has 0 bridgehead atoms. The van der Waals surface area contributed by atoms with Crippen LogP contribution in [0.4, 0.5) is 0 Å². The molecule has 0 amide bonds. The number of nitrogens with one attached hydrogen (secondary N) is 1. The van der Waals surface area contributed by atoms with Gasteiger partial charge in [0.15, 0.2) is 0 Å². The summed E-state index contributed by atoms with van der Waals surface area (Å²) in [4.78, 5) is 0. The second-order valence-electron chi connectivity index (χ2n) is 4.98. The third-order valence-corrected chi connectivity index (χ3v) is 3.59. The van der Waals surface area contributed by atoms with Crippen LogP contribution in [0.25, 0.3) is 0 Å². The summed E-state index contributed by atoms with van der Waals surface area (Å²) in [7, 11) is 0. The Morgan fingerprint density at radius 3 is 3.11 bits per heavy atom. The van der Waals surface area contributed by atoms with Crippen molar-refractivity contribution >= 4 is 0 Å². The SMILES string of the molecule is C[C@H](NCCc1ccc2c(c1)CCO2)c1ccco1. The molecule has 0 aliphatic carbocycles. The molecule has 1 N–H and O–H groups in total. The molecule has 1 aromatic heterocycles. The number of rotatable bonds is 5. The van der Waals surface area contributed by atoms with Gasteiger partial charge in [0, 0.05) is 6.42 Å². The summed E-state index contributed by atoms with van der Waals surface area (Å²) >= 11 is 0. The predicted octanol–water partition coefficient (Wildman–Crippen LogP) is 3.11. The van der Waals surface area contributed by atoms with Crippen LogP contribution in [0.2, 0.25) is 0 Å². The minimum Gasteiger partial charge on any atom is -0.493 e. The fourth-order valence-corrected chi connectivity index (χ4v) is 2.47. The zero-order valence-electron chi connectivity index (χ0n) is 11.2. The van der Waals surface area contributed by atoms with Crippen LogP contribution in [0.5, 0.6) is 5.75 Å². The lowest BCUT2D eigenvalue weighted by atomic mass is 10.1. The maximum atomic E-state index is 5.52. The zero-order chi connectivity index (χ0) is 13.1. The van der Waals surface area contributed by atoms with E-state index < -0.39 is 0 Å². The normalized spacial score (nSPS) is 15.0. The van der Waals surface area contributed by atoms with Crippen LogP contribution in [0, 0.1) is 0 Å². The Labute approximate surface area is 113 Å². The average molecular weight is 257 g/mol. The molecule has 0 spiro atoms. The van der Waals surface area contributed by atoms with Crippen LogP contribution >= 0.6 is 0 Å². The first-order valence-corrected chi connectivity index (χ1v) is 6.84. The van der Waals surface area contributed by atoms with E-state index in [0.29, 0.717) is 0 Å². The molecule has 100 valence electrons. The molecular formula is C16H19NO2. The fraction of sp³-hybridized carbons (Fsp3) is 0.375. The Morgan fingerprint density at radius 2 is 2.26 bits per heavy atom. The lowest BCUT2D eigenvalue weighted by molar-refractivity contribution is 0.357. The molecule has 1 atom stereocenters. The van der Waals surface area contributed by atoms with Crippen molar-refractivity contribution in [3.05, 3.63) is 53.5 Å². The molecule has 19 heavy (non-hydrogen) atoms. The van der Waals surface area contributed by atoms with Crippen molar-refractivity contribution in [1.29, 1.82) is 0 Å². The molecule has 2 heterocycles. The van der Waals surface area contributed by atoms with Crippen molar-refractivity contribution in [3.8, 4) is 5.75 Å². The van der Waals surface area contributed by atoms with Crippen molar-refractivity contribution in [2.45, 2.75) is 25.8 Å². The van der Waals surface area contributed by atoms with E-state index in [2.05, 4.69) is 30.4 Å². The summed E-state index contributed by atoms with van der Waals surface area (Å²) in [5.41, 5.74) is 2.71. The molecule has 0 saturated heterocycles. The largest absolute Gasteiger partial charge is 0.493 e. The van der Waals surface area contributed by atoms with Crippen molar-refractivity contribution in [2.24, 2.45) is 0 Å². The average Bonchev–Trinajstić information content (AvgIpc) is 3.09. The summed E-state index contributed by atoms with van der Waals surface area (Å²) in [5, 5.41) is 3.48. The van der Waals surface area contributed by atoms with Crippen LogP contribution in [0.1, 0.15) is 29.9 Å². The Bertz CT molecular complexity index is 534. The monoisotopic (exact) mass is 257 g/mol. The molecule has 0 fully saturated rings. The molecule has 2 aromatic rings. The van der Waals surface area contributed by atoms with Crippen molar-refractivity contribution in [1.82, 2.24) is 5.32 Å². The van der Waals surface area contributed by atoms with Crippen molar-refractivity contribution in [3.63, 3.8) is 0 Å². The van der Waals surface area contributed by atoms with Gasteiger partial charge in [0.05, 0.1) is 18.9 Å². The number of benzene rings is 1. The van der Waals surface area contributed by atoms with Gasteiger partial charge in [-0.2, -0.15) is 0 Å². The van der Waals surface area contributed by atoms with E-state index in [1.54, 1.807) is 6.26 Å². The van der Waals surface area contributed by atoms with Gasteiger partial charge in [0.1, 0.15) is 11.5 Å². The summed E-state index contributed by atoms with van der Waals surface area (Å²) < 4.78 is 10.9. The summed E-state index contributed by atoms with van der Waals surface area (Å²) in [6, 6.07) is 10.7. The van der Waals surface area contributed by atoms with Gasteiger partial charge < -0.3 is 14.5 Å². The molecule has 3 nitrogen and oxygen atoms in total. The van der Waals surface area contributed by atoms with Crippen molar-refractivity contribution < 1.29 is 9.15 Å². The van der Waals surface area contributed by atoms with Crippen LogP contribution in [0.3, 0.4) is 0 Å². The number of hydrogen-bond acceptors (Lipinski definition) is 3. The maximum absolute atomic E-state index is 5.52. The highest BCUT2D eigenvalue weighted by Crippen LogP contribution is 2.25. The smallest absolute Gasteiger partial charge is 0.122 e. The van der Waals surface area contributed by atoms with E-state index in [0.717, 1.165) is 37.5 Å². The minimum absolute atomic E-state index is 0.257. The third kappa shape index (κ3) is 2.82. The van der Waals surface area contributed by atoms with Gasteiger partial charge in [-0.15, -0.1) is 0 Å². The standard InChI is InChI=1S/C16H19NO2/c1-12(15-3-2-9-18-15)17-8-6-13-4-5-16-14(11-13)7-10-19-16/h2-5,9,11-12,17H,6-8,10H2,1H3/t12-/m0/s1. The molecule has 1 aliphatic heterocycles. The fourth-order valence-electron chi connectivity index (χ4n) is 2.47. The lowest BCUT2D eigenvalue weighted by Gasteiger charge is -2.11. The molecule has 0 unspecified atom stereocenters. The van der Waals surface area contributed by atoms with Gasteiger partial charge in [-0.3, -0.25) is 0 Å². The van der Waals surface area contributed by atoms with Crippen LogP contribution < -0.4 is 10.1 Å². The van der Waals surface area contributed by atoms with E-state index in [-0.39, 0.29) is 6.04 Å². The first kappa shape index (κ1) is 12.3. The molecule has 3 heteroatoms. The van der Waals surface area contributed by atoms with E-state index in [1.165, 1.54) is 11.1 Å². The predicted molar refractivity (Wildman–Crippen MR) is 74.5 cm³/mol. The van der Waals surface area contributed by atoms with E-state index >= 15 is 0 Å². The van der Waals surface area contributed by atoms with E-state index in [9.17, 15) is 0 Å². The van der Waals surface area contributed by atoms with Crippen LogP contribution in [-0.4, -0.2) is 13.2 Å². The highest BCUT2D eigenvalue weighted by molar-refractivity contribution is 5.39. The molecule has 0 saturated carbocycles. The third-order valence-electron chi connectivity index (χ3n) is 3.59. The second kappa shape index (κ2) is 5.49. The summed E-state index contributed by atoms with van der Waals surface area (Å²) in [6.07, 6.45) is 3.78. The first-order valence-electron chi connectivity index (χ1n) is 6.84. The van der Waals surface area contributed by atoms with E-state index in [1.807, 2.05) is 12.1 Å². The number of furan rings is 1. The minimum atomic E-state index is 0.257. The van der Waals surface area contributed by atoms with Gasteiger partial charge in [-0.1, -0.05) is 12.1 Å².